The second-order valence-electron chi connectivity index (χ2n) is 3.87. The maximum Gasteiger partial charge on any atom is 0.112 e. The fourth-order valence-electron chi connectivity index (χ4n) is 1.78. The van der Waals surface area contributed by atoms with Crippen LogP contribution in [0.3, 0.4) is 0 Å². The molecule has 0 aliphatic heterocycles. The number of benzene rings is 1. The summed E-state index contributed by atoms with van der Waals surface area (Å²) in [6.45, 7) is 2.76. The molecule has 2 heterocycles. The average Bonchev–Trinajstić information content (AvgIpc) is 2.94. The molecule has 0 unspecified atom stereocenters. The van der Waals surface area contributed by atoms with Gasteiger partial charge in [0.15, 0.2) is 0 Å². The first-order chi connectivity index (χ1) is 8.33. The molecule has 0 aliphatic carbocycles. The minimum absolute atomic E-state index is 0.753. The molecule has 2 aromatic heterocycles. The molecule has 0 aliphatic rings. The summed E-state index contributed by atoms with van der Waals surface area (Å²) in [6, 6.07) is 6.08. The van der Waals surface area contributed by atoms with Gasteiger partial charge in [-0.3, -0.25) is 5.10 Å². The molecule has 4 nitrogen and oxygen atoms in total. The van der Waals surface area contributed by atoms with Gasteiger partial charge in [-0.25, -0.2) is 4.98 Å². The quantitative estimate of drug-likeness (QED) is 0.744. The third-order valence-electron chi connectivity index (χ3n) is 2.58. The monoisotopic (exact) mass is 244 g/mol. The molecule has 5 heteroatoms. The third kappa shape index (κ3) is 2.01. The molecule has 0 radical (unpaired) electrons. The third-order valence-corrected chi connectivity index (χ3v) is 3.55. The van der Waals surface area contributed by atoms with Gasteiger partial charge in [0.2, 0.25) is 0 Å². The Hall–Kier alpha value is -1.88. The van der Waals surface area contributed by atoms with Crippen LogP contribution >= 0.6 is 11.3 Å². The summed E-state index contributed by atoms with van der Waals surface area (Å²) in [5.74, 6) is 0. The first-order valence-corrected chi connectivity index (χ1v) is 6.28. The van der Waals surface area contributed by atoms with Crippen LogP contribution in [0, 0.1) is 6.92 Å². The molecule has 0 fully saturated rings. The van der Waals surface area contributed by atoms with Crippen LogP contribution in [-0.4, -0.2) is 15.2 Å². The molecule has 3 rings (SSSR count). The minimum atomic E-state index is 0.753. The normalized spacial score (nSPS) is 10.9. The number of aryl methyl sites for hydroxylation is 1. The summed E-state index contributed by atoms with van der Waals surface area (Å²) in [5, 5.41) is 14.7. The van der Waals surface area contributed by atoms with Crippen LogP contribution in [0.25, 0.3) is 10.9 Å². The highest BCUT2D eigenvalue weighted by Gasteiger charge is 2.03. The number of anilines is 1. The van der Waals surface area contributed by atoms with E-state index < -0.39 is 0 Å². The number of aromatic amines is 1. The zero-order valence-electron chi connectivity index (χ0n) is 9.40. The van der Waals surface area contributed by atoms with E-state index in [-0.39, 0.29) is 0 Å². The highest BCUT2D eigenvalue weighted by molar-refractivity contribution is 7.09. The Morgan fingerprint density at radius 2 is 2.35 bits per heavy atom. The molecule has 2 N–H and O–H groups in total. The summed E-state index contributed by atoms with van der Waals surface area (Å²) in [4.78, 5) is 4.43. The maximum atomic E-state index is 4.43. The number of H-pyrrole nitrogens is 1. The summed E-state index contributed by atoms with van der Waals surface area (Å²) in [7, 11) is 0. The Morgan fingerprint density at radius 3 is 3.18 bits per heavy atom. The lowest BCUT2D eigenvalue weighted by molar-refractivity contribution is 1.08. The van der Waals surface area contributed by atoms with Crippen molar-refractivity contribution in [1.82, 2.24) is 15.2 Å². The van der Waals surface area contributed by atoms with E-state index in [0.717, 1.165) is 33.8 Å². The minimum Gasteiger partial charge on any atom is -0.378 e. The summed E-state index contributed by atoms with van der Waals surface area (Å²) >= 11 is 1.68. The maximum absolute atomic E-state index is 4.43. The lowest BCUT2D eigenvalue weighted by Crippen LogP contribution is -1.99. The molecule has 0 saturated heterocycles. The summed E-state index contributed by atoms with van der Waals surface area (Å²) in [6.07, 6.45) is 1.84. The molecule has 0 atom stereocenters. The van der Waals surface area contributed by atoms with E-state index in [4.69, 9.17) is 0 Å². The van der Waals surface area contributed by atoms with Crippen molar-refractivity contribution < 1.29 is 0 Å². The molecule has 0 bridgehead atoms. The van der Waals surface area contributed by atoms with Gasteiger partial charge in [0.1, 0.15) is 5.01 Å². The average molecular weight is 244 g/mol. The van der Waals surface area contributed by atoms with Crippen LogP contribution in [0.5, 0.6) is 0 Å². The fourth-order valence-corrected chi connectivity index (χ4v) is 2.49. The SMILES string of the molecule is Cc1csc(CNc2cccc3[nH]ncc23)n1. The number of fused-ring (bicyclic) bond motifs is 1. The Morgan fingerprint density at radius 1 is 1.41 bits per heavy atom. The zero-order chi connectivity index (χ0) is 11.7. The van der Waals surface area contributed by atoms with Crippen molar-refractivity contribution in [3.05, 3.63) is 40.5 Å². The van der Waals surface area contributed by atoms with E-state index in [2.05, 4.69) is 31.9 Å². The fraction of sp³-hybridized carbons (Fsp3) is 0.167. The first kappa shape index (κ1) is 10.3. The number of aromatic nitrogens is 3. The highest BCUT2D eigenvalue weighted by atomic mass is 32.1. The molecule has 0 saturated carbocycles. The predicted octanol–water partition coefficient (Wildman–Crippen LogP) is 2.94. The smallest absolute Gasteiger partial charge is 0.112 e. The molecular formula is C12H12N4S. The number of nitrogens with one attached hydrogen (secondary N) is 2. The lowest BCUT2D eigenvalue weighted by atomic mass is 10.2. The Balaban J connectivity index is 1.83. The molecule has 1 aromatic carbocycles. The largest absolute Gasteiger partial charge is 0.378 e. The van der Waals surface area contributed by atoms with Gasteiger partial charge < -0.3 is 5.32 Å². The van der Waals surface area contributed by atoms with Crippen molar-refractivity contribution in [2.24, 2.45) is 0 Å². The molecule has 17 heavy (non-hydrogen) atoms. The van der Waals surface area contributed by atoms with Gasteiger partial charge >= 0.3 is 0 Å². The second-order valence-corrected chi connectivity index (χ2v) is 4.82. The van der Waals surface area contributed by atoms with Crippen molar-refractivity contribution in [2.75, 3.05) is 5.32 Å². The first-order valence-electron chi connectivity index (χ1n) is 5.40. The lowest BCUT2D eigenvalue weighted by Gasteiger charge is -2.04. The van der Waals surface area contributed by atoms with E-state index in [1.165, 1.54) is 0 Å². The number of hydrogen-bond acceptors (Lipinski definition) is 4. The van der Waals surface area contributed by atoms with E-state index in [0.29, 0.717) is 0 Å². The van der Waals surface area contributed by atoms with Crippen LogP contribution in [-0.2, 0) is 6.54 Å². The second kappa shape index (κ2) is 4.18. The highest BCUT2D eigenvalue weighted by Crippen LogP contribution is 2.22. The number of rotatable bonds is 3. The van der Waals surface area contributed by atoms with Gasteiger partial charge in [0, 0.05) is 22.1 Å². The Kier molecular flexibility index (Phi) is 2.53. The van der Waals surface area contributed by atoms with Gasteiger partial charge in [-0.2, -0.15) is 5.10 Å². The van der Waals surface area contributed by atoms with Gasteiger partial charge in [-0.1, -0.05) is 6.07 Å². The van der Waals surface area contributed by atoms with Crippen molar-refractivity contribution in [3.8, 4) is 0 Å². The van der Waals surface area contributed by atoms with Crippen molar-refractivity contribution in [2.45, 2.75) is 13.5 Å². The molecule has 0 spiro atoms. The van der Waals surface area contributed by atoms with Gasteiger partial charge in [-0.05, 0) is 19.1 Å². The van der Waals surface area contributed by atoms with Crippen LogP contribution in [0.2, 0.25) is 0 Å². The number of hydrogen-bond donors (Lipinski definition) is 2. The summed E-state index contributed by atoms with van der Waals surface area (Å²) < 4.78 is 0. The molecule has 3 aromatic rings. The van der Waals surface area contributed by atoms with Crippen molar-refractivity contribution >= 4 is 27.9 Å². The molecule has 0 amide bonds. The van der Waals surface area contributed by atoms with E-state index in [1.54, 1.807) is 11.3 Å². The van der Waals surface area contributed by atoms with Crippen molar-refractivity contribution in [1.29, 1.82) is 0 Å². The predicted molar refractivity (Wildman–Crippen MR) is 70.3 cm³/mol. The summed E-state index contributed by atoms with van der Waals surface area (Å²) in [5.41, 5.74) is 3.21. The van der Waals surface area contributed by atoms with E-state index >= 15 is 0 Å². The van der Waals surface area contributed by atoms with Gasteiger partial charge in [0.25, 0.3) is 0 Å². The Labute approximate surface area is 103 Å². The van der Waals surface area contributed by atoms with Crippen LogP contribution in [0.15, 0.2) is 29.8 Å². The van der Waals surface area contributed by atoms with E-state index in [1.807, 2.05) is 25.3 Å². The zero-order valence-corrected chi connectivity index (χ0v) is 10.2. The standard InChI is InChI=1S/C12H12N4S/c1-8-7-17-12(15-8)6-13-10-3-2-4-11-9(10)5-14-16-11/h2-5,7,13H,6H2,1H3,(H,14,16). The van der Waals surface area contributed by atoms with Gasteiger partial charge in [-0.15, -0.1) is 11.3 Å². The number of thiazole rings is 1. The molecular weight excluding hydrogens is 232 g/mol. The Bertz CT molecular complexity index is 641. The van der Waals surface area contributed by atoms with Crippen molar-refractivity contribution in [3.63, 3.8) is 0 Å². The van der Waals surface area contributed by atoms with E-state index in [9.17, 15) is 0 Å². The van der Waals surface area contributed by atoms with Crippen LogP contribution < -0.4 is 5.32 Å². The van der Waals surface area contributed by atoms with Crippen LogP contribution in [0.4, 0.5) is 5.69 Å². The number of nitrogens with zero attached hydrogens (tertiary/aromatic N) is 2. The molecule has 86 valence electrons. The van der Waals surface area contributed by atoms with Crippen LogP contribution in [0.1, 0.15) is 10.7 Å². The topological polar surface area (TPSA) is 53.6 Å². The van der Waals surface area contributed by atoms with Gasteiger partial charge in [0.05, 0.1) is 18.3 Å².